The van der Waals surface area contributed by atoms with Crippen LogP contribution in [0, 0.1) is 0 Å². The zero-order valence-corrected chi connectivity index (χ0v) is 10.7. The van der Waals surface area contributed by atoms with Crippen LogP contribution in [0.2, 0.25) is 0 Å². The van der Waals surface area contributed by atoms with Crippen LogP contribution in [0.3, 0.4) is 0 Å². The van der Waals surface area contributed by atoms with E-state index in [0.717, 1.165) is 12.2 Å². The summed E-state index contributed by atoms with van der Waals surface area (Å²) in [7, 11) is 0. The lowest BCUT2D eigenvalue weighted by molar-refractivity contribution is -0.145. The fraction of sp³-hybridized carbons (Fsp3) is 0.417. The summed E-state index contributed by atoms with van der Waals surface area (Å²) >= 11 is 1.73. The van der Waals surface area contributed by atoms with Crippen LogP contribution in [0.5, 0.6) is 5.75 Å². The summed E-state index contributed by atoms with van der Waals surface area (Å²) < 4.78 is 10.2. The standard InChI is InChI=1S/C12H17NO3S/c1-17-8-2-7-15-12(14)9-16-11-5-3-10(13)4-6-11/h3-6H,2,7-9,13H2,1H3. The predicted molar refractivity (Wildman–Crippen MR) is 70.3 cm³/mol. The van der Waals surface area contributed by atoms with Crippen molar-refractivity contribution in [2.75, 3.05) is 31.0 Å². The minimum absolute atomic E-state index is 0.0663. The van der Waals surface area contributed by atoms with Crippen LogP contribution in [-0.4, -0.2) is 31.2 Å². The molecule has 17 heavy (non-hydrogen) atoms. The van der Waals surface area contributed by atoms with Crippen molar-refractivity contribution in [1.29, 1.82) is 0 Å². The molecule has 0 atom stereocenters. The SMILES string of the molecule is CSCCCOC(=O)COc1ccc(N)cc1. The van der Waals surface area contributed by atoms with Crippen molar-refractivity contribution in [1.82, 2.24) is 0 Å². The van der Waals surface area contributed by atoms with Gasteiger partial charge >= 0.3 is 5.97 Å². The van der Waals surface area contributed by atoms with Gasteiger partial charge < -0.3 is 15.2 Å². The largest absolute Gasteiger partial charge is 0.482 e. The molecule has 0 aromatic heterocycles. The number of carbonyl (C=O) groups excluding carboxylic acids is 1. The van der Waals surface area contributed by atoms with E-state index in [2.05, 4.69) is 0 Å². The van der Waals surface area contributed by atoms with Crippen LogP contribution in [-0.2, 0) is 9.53 Å². The second-order valence-electron chi connectivity index (χ2n) is 3.42. The molecule has 0 saturated heterocycles. The summed E-state index contributed by atoms with van der Waals surface area (Å²) in [6, 6.07) is 6.88. The molecule has 0 aliphatic carbocycles. The zero-order valence-electron chi connectivity index (χ0n) is 9.85. The first-order valence-corrected chi connectivity index (χ1v) is 6.74. The first-order valence-electron chi connectivity index (χ1n) is 5.35. The van der Waals surface area contributed by atoms with E-state index in [-0.39, 0.29) is 12.6 Å². The van der Waals surface area contributed by atoms with Crippen molar-refractivity contribution in [2.45, 2.75) is 6.42 Å². The van der Waals surface area contributed by atoms with Crippen LogP contribution in [0.4, 0.5) is 5.69 Å². The number of esters is 1. The Morgan fingerprint density at radius 2 is 2.06 bits per heavy atom. The summed E-state index contributed by atoms with van der Waals surface area (Å²) in [4.78, 5) is 11.3. The Hall–Kier alpha value is -1.36. The molecular weight excluding hydrogens is 238 g/mol. The molecule has 4 nitrogen and oxygen atoms in total. The molecule has 0 saturated carbocycles. The molecule has 1 aromatic carbocycles. The summed E-state index contributed by atoms with van der Waals surface area (Å²) in [5, 5.41) is 0. The summed E-state index contributed by atoms with van der Waals surface area (Å²) in [5.74, 6) is 1.26. The molecule has 5 heteroatoms. The molecule has 0 spiro atoms. The Bertz CT molecular complexity index is 340. The molecule has 0 amide bonds. The molecule has 1 aromatic rings. The predicted octanol–water partition coefficient (Wildman–Crippen LogP) is 1.94. The number of benzene rings is 1. The van der Waals surface area contributed by atoms with Gasteiger partial charge in [-0.2, -0.15) is 11.8 Å². The number of ether oxygens (including phenoxy) is 2. The second-order valence-corrected chi connectivity index (χ2v) is 4.41. The van der Waals surface area contributed by atoms with Gasteiger partial charge in [0.15, 0.2) is 6.61 Å². The molecule has 2 N–H and O–H groups in total. The average Bonchev–Trinajstić information content (AvgIpc) is 2.34. The second kappa shape index (κ2) is 7.84. The molecule has 0 aliphatic heterocycles. The van der Waals surface area contributed by atoms with E-state index in [0.29, 0.717) is 18.0 Å². The summed E-state index contributed by atoms with van der Waals surface area (Å²) in [6.45, 7) is 0.383. The lowest BCUT2D eigenvalue weighted by atomic mass is 10.3. The quantitative estimate of drug-likeness (QED) is 0.458. The Balaban J connectivity index is 2.17. The third-order valence-corrected chi connectivity index (χ3v) is 2.69. The molecule has 0 radical (unpaired) electrons. The van der Waals surface area contributed by atoms with Gasteiger partial charge in [0, 0.05) is 5.69 Å². The third kappa shape index (κ3) is 6.06. The minimum atomic E-state index is -0.345. The van der Waals surface area contributed by atoms with Gasteiger partial charge in [0.1, 0.15) is 5.75 Å². The molecule has 0 heterocycles. The van der Waals surface area contributed by atoms with Crippen molar-refractivity contribution in [3.63, 3.8) is 0 Å². The van der Waals surface area contributed by atoms with Gasteiger partial charge in [0.25, 0.3) is 0 Å². The van der Waals surface area contributed by atoms with Gasteiger partial charge in [-0.25, -0.2) is 4.79 Å². The lowest BCUT2D eigenvalue weighted by Crippen LogP contribution is -2.15. The Morgan fingerprint density at radius 3 is 2.71 bits per heavy atom. The highest BCUT2D eigenvalue weighted by Crippen LogP contribution is 2.12. The maximum Gasteiger partial charge on any atom is 0.344 e. The smallest absolute Gasteiger partial charge is 0.344 e. The highest BCUT2D eigenvalue weighted by molar-refractivity contribution is 7.98. The van der Waals surface area contributed by atoms with E-state index in [1.807, 2.05) is 6.26 Å². The van der Waals surface area contributed by atoms with Gasteiger partial charge in [-0.05, 0) is 42.7 Å². The molecule has 94 valence electrons. The Kier molecular flexibility index (Phi) is 6.32. The van der Waals surface area contributed by atoms with Gasteiger partial charge in [0.2, 0.25) is 0 Å². The number of nitrogens with two attached hydrogens (primary N) is 1. The average molecular weight is 255 g/mol. The lowest BCUT2D eigenvalue weighted by Gasteiger charge is -2.06. The first-order chi connectivity index (χ1) is 8.22. The summed E-state index contributed by atoms with van der Waals surface area (Å²) in [6.07, 6.45) is 2.89. The highest BCUT2D eigenvalue weighted by Gasteiger charge is 2.03. The molecular formula is C12H17NO3S. The van der Waals surface area contributed by atoms with Gasteiger partial charge in [-0.15, -0.1) is 0 Å². The fourth-order valence-electron chi connectivity index (χ4n) is 1.14. The number of hydrogen-bond donors (Lipinski definition) is 1. The molecule has 0 bridgehead atoms. The van der Waals surface area contributed by atoms with E-state index in [1.165, 1.54) is 0 Å². The molecule has 0 fully saturated rings. The van der Waals surface area contributed by atoms with Gasteiger partial charge in [-0.1, -0.05) is 0 Å². The highest BCUT2D eigenvalue weighted by atomic mass is 32.2. The zero-order chi connectivity index (χ0) is 12.5. The van der Waals surface area contributed by atoms with Gasteiger partial charge in [-0.3, -0.25) is 0 Å². The number of anilines is 1. The first kappa shape index (κ1) is 13.7. The van der Waals surface area contributed by atoms with Crippen LogP contribution in [0.1, 0.15) is 6.42 Å². The van der Waals surface area contributed by atoms with Crippen molar-refractivity contribution >= 4 is 23.4 Å². The summed E-state index contributed by atoms with van der Waals surface area (Å²) in [5.41, 5.74) is 6.19. The number of thioether (sulfide) groups is 1. The van der Waals surface area contributed by atoms with Crippen LogP contribution in [0.15, 0.2) is 24.3 Å². The van der Waals surface area contributed by atoms with E-state index in [9.17, 15) is 4.79 Å². The molecule has 1 rings (SSSR count). The number of nitrogen functional groups attached to an aromatic ring is 1. The van der Waals surface area contributed by atoms with Gasteiger partial charge in [0.05, 0.1) is 6.61 Å². The number of carbonyl (C=O) groups is 1. The topological polar surface area (TPSA) is 61.5 Å². The van der Waals surface area contributed by atoms with Crippen molar-refractivity contribution < 1.29 is 14.3 Å². The van der Waals surface area contributed by atoms with E-state index in [4.69, 9.17) is 15.2 Å². The third-order valence-electron chi connectivity index (χ3n) is 1.99. The van der Waals surface area contributed by atoms with Crippen LogP contribution >= 0.6 is 11.8 Å². The number of rotatable bonds is 7. The normalized spacial score (nSPS) is 9.94. The van der Waals surface area contributed by atoms with Crippen LogP contribution < -0.4 is 10.5 Å². The fourth-order valence-corrected chi connectivity index (χ4v) is 1.54. The molecule has 0 unspecified atom stereocenters. The minimum Gasteiger partial charge on any atom is -0.482 e. The maximum atomic E-state index is 11.3. The van der Waals surface area contributed by atoms with E-state index >= 15 is 0 Å². The van der Waals surface area contributed by atoms with E-state index < -0.39 is 0 Å². The van der Waals surface area contributed by atoms with Crippen LogP contribution in [0.25, 0.3) is 0 Å². The monoisotopic (exact) mass is 255 g/mol. The number of hydrogen-bond acceptors (Lipinski definition) is 5. The Labute approximate surface area is 105 Å². The van der Waals surface area contributed by atoms with E-state index in [1.54, 1.807) is 36.0 Å². The maximum absolute atomic E-state index is 11.3. The van der Waals surface area contributed by atoms with Crippen molar-refractivity contribution in [2.24, 2.45) is 0 Å². The molecule has 0 aliphatic rings. The van der Waals surface area contributed by atoms with Crippen molar-refractivity contribution in [3.05, 3.63) is 24.3 Å². The van der Waals surface area contributed by atoms with Crippen molar-refractivity contribution in [3.8, 4) is 5.75 Å². The Morgan fingerprint density at radius 1 is 1.35 bits per heavy atom.